The maximum atomic E-state index is 13.6. The number of nitrogens with zero attached hydrogens (tertiary/aromatic N) is 3. The maximum absolute atomic E-state index is 13.6. The molecule has 0 radical (unpaired) electrons. The first-order valence-electron chi connectivity index (χ1n) is 11.2. The van der Waals surface area contributed by atoms with Gasteiger partial charge in [-0.3, -0.25) is 4.79 Å². The number of aromatic nitrogens is 2. The van der Waals surface area contributed by atoms with Gasteiger partial charge in [0.2, 0.25) is 5.82 Å². The lowest BCUT2D eigenvalue weighted by molar-refractivity contribution is -0.147. The fourth-order valence-electron chi connectivity index (χ4n) is 3.83. The summed E-state index contributed by atoms with van der Waals surface area (Å²) in [4.78, 5) is 30.2. The second kappa shape index (κ2) is 10.6. The molecule has 1 atom stereocenters. The molecule has 0 amide bonds. The molecule has 0 saturated heterocycles. The van der Waals surface area contributed by atoms with Crippen LogP contribution in [0.25, 0.3) is 33.5 Å². The van der Waals surface area contributed by atoms with Gasteiger partial charge in [0.25, 0.3) is 5.56 Å². The normalized spacial score (nSPS) is 12.3. The largest absolute Gasteiger partial charge is 0.477 e. The van der Waals surface area contributed by atoms with E-state index in [1.165, 1.54) is 13.3 Å². The van der Waals surface area contributed by atoms with Gasteiger partial charge in [0, 0.05) is 21.0 Å². The summed E-state index contributed by atoms with van der Waals surface area (Å²) in [5, 5.41) is 6.51. The highest BCUT2D eigenvalue weighted by molar-refractivity contribution is 9.10. The van der Waals surface area contributed by atoms with Crippen molar-refractivity contribution in [3.05, 3.63) is 91.1 Å². The van der Waals surface area contributed by atoms with Crippen LogP contribution in [0.4, 0.5) is 0 Å². The van der Waals surface area contributed by atoms with E-state index in [1.807, 2.05) is 0 Å². The Morgan fingerprint density at radius 1 is 1.13 bits per heavy atom. The average Bonchev–Trinajstić information content (AvgIpc) is 3.32. The first kappa shape index (κ1) is 26.0. The number of hydrogen-bond donors (Lipinski definition) is 0. The van der Waals surface area contributed by atoms with Crippen LogP contribution in [-0.4, -0.2) is 35.1 Å². The van der Waals surface area contributed by atoms with Crippen molar-refractivity contribution in [2.75, 3.05) is 7.11 Å². The molecule has 8 nitrogen and oxygen atoms in total. The Morgan fingerprint density at radius 3 is 2.71 bits per heavy atom. The number of carbonyl (C=O) groups excluding carboxylic acids is 1. The summed E-state index contributed by atoms with van der Waals surface area (Å²) >= 11 is 15.8. The maximum Gasteiger partial charge on any atom is 0.346 e. The minimum Gasteiger partial charge on any atom is -0.477 e. The molecule has 38 heavy (non-hydrogen) atoms. The Labute approximate surface area is 234 Å². The van der Waals surface area contributed by atoms with Crippen LogP contribution in [0.3, 0.4) is 0 Å². The zero-order chi connectivity index (χ0) is 27.0. The average molecular weight is 615 g/mol. The van der Waals surface area contributed by atoms with E-state index in [1.54, 1.807) is 67.6 Å². The lowest BCUT2D eigenvalue weighted by atomic mass is 10.2. The highest BCUT2D eigenvalue weighted by atomic mass is 79.9. The van der Waals surface area contributed by atoms with Gasteiger partial charge in [0.15, 0.2) is 11.9 Å². The zero-order valence-electron chi connectivity index (χ0n) is 19.9. The van der Waals surface area contributed by atoms with Crippen molar-refractivity contribution >= 4 is 73.2 Å². The molecule has 0 unspecified atom stereocenters. The third kappa shape index (κ3) is 5.05. The number of benzene rings is 3. The van der Waals surface area contributed by atoms with Crippen LogP contribution in [0.2, 0.25) is 10.0 Å². The van der Waals surface area contributed by atoms with E-state index in [-0.39, 0.29) is 11.6 Å². The van der Waals surface area contributed by atoms with Gasteiger partial charge in [-0.1, -0.05) is 35.3 Å². The fraction of sp³-hybridized carbons (Fsp3) is 0.111. The van der Waals surface area contributed by atoms with Crippen molar-refractivity contribution in [1.82, 2.24) is 9.66 Å². The van der Waals surface area contributed by atoms with Crippen molar-refractivity contribution in [3.8, 4) is 17.3 Å². The molecule has 2 aromatic heterocycles. The van der Waals surface area contributed by atoms with Gasteiger partial charge in [-0.2, -0.15) is 9.78 Å². The van der Waals surface area contributed by atoms with Gasteiger partial charge >= 0.3 is 5.97 Å². The van der Waals surface area contributed by atoms with Gasteiger partial charge < -0.3 is 13.9 Å². The van der Waals surface area contributed by atoms with Crippen LogP contribution >= 0.6 is 39.1 Å². The van der Waals surface area contributed by atoms with Gasteiger partial charge in [-0.15, -0.1) is 0 Å². The Morgan fingerprint density at radius 2 is 1.92 bits per heavy atom. The summed E-state index contributed by atoms with van der Waals surface area (Å²) < 4.78 is 18.2. The third-order valence-electron chi connectivity index (χ3n) is 5.63. The first-order chi connectivity index (χ1) is 18.2. The lowest BCUT2D eigenvalue weighted by Crippen LogP contribution is -2.25. The smallest absolute Gasteiger partial charge is 0.346 e. The molecule has 0 aliphatic carbocycles. The van der Waals surface area contributed by atoms with E-state index in [0.29, 0.717) is 42.3 Å². The number of furan rings is 1. The molecule has 5 aromatic rings. The molecule has 0 fully saturated rings. The quantitative estimate of drug-likeness (QED) is 0.156. The summed E-state index contributed by atoms with van der Waals surface area (Å²) in [5.41, 5.74) is 1.06. The predicted molar refractivity (Wildman–Crippen MR) is 150 cm³/mol. The number of hydrogen-bond acceptors (Lipinski definition) is 7. The Kier molecular flexibility index (Phi) is 7.25. The number of halogens is 3. The summed E-state index contributed by atoms with van der Waals surface area (Å²) in [6, 6.07) is 17.1. The number of rotatable bonds is 6. The summed E-state index contributed by atoms with van der Waals surface area (Å²) in [5.74, 6) is 0.240. The van der Waals surface area contributed by atoms with Crippen molar-refractivity contribution in [1.29, 1.82) is 0 Å². The molecule has 0 spiro atoms. The van der Waals surface area contributed by atoms with Crippen LogP contribution in [0.1, 0.15) is 12.5 Å². The number of fused-ring (bicyclic) bond motifs is 2. The van der Waals surface area contributed by atoms with E-state index < -0.39 is 17.6 Å². The molecule has 3 aromatic carbocycles. The van der Waals surface area contributed by atoms with Gasteiger partial charge in [-0.05, 0) is 71.4 Å². The lowest BCUT2D eigenvalue weighted by Gasteiger charge is -2.16. The van der Waals surface area contributed by atoms with E-state index in [4.69, 9.17) is 37.1 Å². The number of methoxy groups -OCH3 is 1. The molecule has 5 rings (SSSR count). The minimum absolute atomic E-state index is 0.184. The van der Waals surface area contributed by atoms with Crippen LogP contribution in [0.5, 0.6) is 5.75 Å². The molecule has 11 heteroatoms. The molecule has 2 heterocycles. The van der Waals surface area contributed by atoms with Crippen molar-refractivity contribution < 1.29 is 18.7 Å². The molecule has 0 N–H and O–H groups in total. The Hall–Kier alpha value is -3.66. The molecule has 0 saturated carbocycles. The van der Waals surface area contributed by atoms with E-state index in [0.717, 1.165) is 10.1 Å². The highest BCUT2D eigenvalue weighted by Gasteiger charge is 2.20. The van der Waals surface area contributed by atoms with Crippen molar-refractivity contribution in [2.24, 2.45) is 5.10 Å². The van der Waals surface area contributed by atoms with Crippen LogP contribution < -0.4 is 10.3 Å². The van der Waals surface area contributed by atoms with Gasteiger partial charge in [-0.25, -0.2) is 9.78 Å². The molecule has 0 bridgehead atoms. The third-order valence-corrected chi connectivity index (χ3v) is 6.67. The van der Waals surface area contributed by atoms with Gasteiger partial charge in [0.1, 0.15) is 11.3 Å². The molecule has 0 aliphatic rings. The Bertz CT molecular complexity index is 1800. The number of para-hydroxylation sites is 1. The highest BCUT2D eigenvalue weighted by Crippen LogP contribution is 2.33. The summed E-state index contributed by atoms with van der Waals surface area (Å²) in [7, 11) is 1.27. The summed E-state index contributed by atoms with van der Waals surface area (Å²) in [6.45, 7) is 1.55. The van der Waals surface area contributed by atoms with E-state index in [9.17, 15) is 9.59 Å². The second-order valence-corrected chi connectivity index (χ2v) is 9.92. The SMILES string of the molecule is COC(=O)[C@@H](C)Oc1c(Br)cc(Cl)cc1C=Nn1c(-c2cc3cc(Cl)ccc3o2)nc2ccccc2c1=O. The number of ether oxygens (including phenoxy) is 2. The second-order valence-electron chi connectivity index (χ2n) is 8.20. The molecule has 192 valence electrons. The number of carbonyl (C=O) groups is 1. The molecular formula is C27H18BrCl2N3O5. The minimum atomic E-state index is -0.910. The van der Waals surface area contributed by atoms with Crippen molar-refractivity contribution in [3.63, 3.8) is 0 Å². The van der Waals surface area contributed by atoms with Crippen LogP contribution in [0.15, 0.2) is 79.4 Å². The van der Waals surface area contributed by atoms with E-state index >= 15 is 0 Å². The van der Waals surface area contributed by atoms with Gasteiger partial charge in [0.05, 0.1) is 28.7 Å². The van der Waals surface area contributed by atoms with E-state index in [2.05, 4.69) is 26.0 Å². The number of esters is 1. The first-order valence-corrected chi connectivity index (χ1v) is 12.8. The molecular weight excluding hydrogens is 597 g/mol. The zero-order valence-corrected chi connectivity index (χ0v) is 23.0. The van der Waals surface area contributed by atoms with Crippen molar-refractivity contribution in [2.45, 2.75) is 13.0 Å². The fourth-order valence-corrected chi connectivity index (χ4v) is 4.93. The molecule has 0 aliphatic heterocycles. The van der Waals surface area contributed by atoms with Crippen LogP contribution in [0, 0.1) is 0 Å². The monoisotopic (exact) mass is 613 g/mol. The standard InChI is InChI=1S/C27H18BrCl2N3O5/c1-14(27(35)36-2)37-24-16(10-18(30)12-20(24)28)13-31-33-25(32-21-6-4-3-5-19(21)26(33)34)23-11-15-9-17(29)7-8-22(15)38-23/h3-14H,1-2H3/t14-/m1/s1. The topological polar surface area (TPSA) is 95.9 Å². The Balaban J connectivity index is 1.68. The summed E-state index contributed by atoms with van der Waals surface area (Å²) in [6.07, 6.45) is 0.490. The predicted octanol–water partition coefficient (Wildman–Crippen LogP) is 6.70. The van der Waals surface area contributed by atoms with Crippen LogP contribution in [-0.2, 0) is 9.53 Å².